The van der Waals surface area contributed by atoms with Crippen molar-refractivity contribution in [2.24, 2.45) is 0 Å². The summed E-state index contributed by atoms with van der Waals surface area (Å²) in [6.07, 6.45) is 0. The molecule has 0 fully saturated rings. The molecule has 0 aliphatic heterocycles. The van der Waals surface area contributed by atoms with Gasteiger partial charge in [-0.15, -0.1) is 0 Å². The Morgan fingerprint density at radius 3 is 1.48 bits per heavy atom. The number of nitrogens with zero attached hydrogens (tertiary/aromatic N) is 1. The number of fused-ring (bicyclic) bond motifs is 6. The molecule has 0 radical (unpaired) electrons. The molecule has 2 aliphatic rings. The van der Waals surface area contributed by atoms with Crippen molar-refractivity contribution in [2.45, 2.75) is 44.4 Å². The molecule has 0 saturated heterocycles. The van der Waals surface area contributed by atoms with Crippen LogP contribution in [0.2, 0.25) is 0 Å². The van der Waals surface area contributed by atoms with Crippen LogP contribution in [0.5, 0.6) is 0 Å². The minimum atomic E-state index is -0.490. The van der Waals surface area contributed by atoms with Gasteiger partial charge in [0.15, 0.2) is 0 Å². The van der Waals surface area contributed by atoms with Crippen LogP contribution in [0.3, 0.4) is 0 Å². The summed E-state index contributed by atoms with van der Waals surface area (Å²) in [7, 11) is 0. The van der Waals surface area contributed by atoms with Crippen molar-refractivity contribution < 1.29 is 0 Å². The SMILES string of the molecule is CC(C)c1cc(-c2ccccc2)ccc1N(c1ccc2c(c1)C(C)(C)c1ccccc1-2)c1ccc2c(c1)C(c1ccccc1)(c1ccccc1)c1ccccc1-2. The first kappa shape index (κ1) is 34.1. The van der Waals surface area contributed by atoms with Crippen molar-refractivity contribution in [1.82, 2.24) is 0 Å². The van der Waals surface area contributed by atoms with Gasteiger partial charge in [-0.05, 0) is 115 Å². The number of rotatable bonds is 7. The smallest absolute Gasteiger partial charge is 0.0714 e. The maximum atomic E-state index is 2.54. The van der Waals surface area contributed by atoms with E-state index in [-0.39, 0.29) is 11.3 Å². The Morgan fingerprint density at radius 2 is 0.875 bits per heavy atom. The van der Waals surface area contributed by atoms with E-state index in [1.807, 2.05) is 0 Å². The first-order valence-electron chi connectivity index (χ1n) is 20.0. The van der Waals surface area contributed by atoms with Gasteiger partial charge in [0.1, 0.15) is 0 Å². The molecule has 0 saturated carbocycles. The zero-order chi connectivity index (χ0) is 38.0. The standard InChI is InChI=1S/C55H45N/c1-37(2)48-34-39(38-18-8-5-9-19-38)28-33-53(48)56(42-29-31-46-44-24-14-16-26-49(44)54(3,4)51(46)35-42)43-30-32-47-45-25-15-17-27-50(45)55(52(47)36-43,40-20-10-6-11-21-40)41-22-12-7-13-23-41/h5-37H,1-4H3. The number of hydrogen-bond donors (Lipinski definition) is 0. The maximum Gasteiger partial charge on any atom is 0.0714 e. The van der Waals surface area contributed by atoms with Crippen LogP contribution in [0.4, 0.5) is 17.1 Å². The second-order valence-corrected chi connectivity index (χ2v) is 16.3. The van der Waals surface area contributed by atoms with E-state index in [1.165, 1.54) is 83.7 Å². The molecular weight excluding hydrogens is 675 g/mol. The van der Waals surface area contributed by atoms with Gasteiger partial charge >= 0.3 is 0 Å². The highest BCUT2D eigenvalue weighted by atomic mass is 15.1. The third-order valence-corrected chi connectivity index (χ3v) is 12.5. The zero-order valence-electron chi connectivity index (χ0n) is 32.5. The largest absolute Gasteiger partial charge is 0.310 e. The summed E-state index contributed by atoms with van der Waals surface area (Å²) >= 11 is 0. The molecular formula is C55H45N. The molecule has 1 heteroatoms. The third-order valence-electron chi connectivity index (χ3n) is 12.5. The fraction of sp³-hybridized carbons (Fsp3) is 0.127. The van der Waals surface area contributed by atoms with E-state index in [1.54, 1.807) is 0 Å². The van der Waals surface area contributed by atoms with E-state index >= 15 is 0 Å². The molecule has 0 amide bonds. The Labute approximate surface area is 331 Å². The quantitative estimate of drug-likeness (QED) is 0.159. The fourth-order valence-electron chi connectivity index (χ4n) is 9.86. The minimum Gasteiger partial charge on any atom is -0.310 e. The molecule has 10 rings (SSSR count). The molecule has 8 aromatic rings. The number of anilines is 3. The van der Waals surface area contributed by atoms with Crippen LogP contribution in [0.1, 0.15) is 72.6 Å². The van der Waals surface area contributed by atoms with Gasteiger partial charge < -0.3 is 4.90 Å². The Morgan fingerprint density at radius 1 is 0.393 bits per heavy atom. The van der Waals surface area contributed by atoms with Crippen molar-refractivity contribution >= 4 is 17.1 Å². The average molecular weight is 720 g/mol. The Kier molecular flexibility index (Phi) is 7.97. The second-order valence-electron chi connectivity index (χ2n) is 16.3. The van der Waals surface area contributed by atoms with E-state index in [0.717, 1.165) is 5.69 Å². The van der Waals surface area contributed by atoms with Crippen LogP contribution in [-0.2, 0) is 10.8 Å². The highest BCUT2D eigenvalue weighted by molar-refractivity contribution is 5.91. The molecule has 56 heavy (non-hydrogen) atoms. The molecule has 0 heterocycles. The lowest BCUT2D eigenvalue weighted by Crippen LogP contribution is -2.28. The summed E-state index contributed by atoms with van der Waals surface area (Å²) in [5, 5.41) is 0. The van der Waals surface area contributed by atoms with E-state index in [9.17, 15) is 0 Å². The first-order valence-corrected chi connectivity index (χ1v) is 20.0. The fourth-order valence-corrected chi connectivity index (χ4v) is 9.86. The van der Waals surface area contributed by atoms with Gasteiger partial charge in [0.25, 0.3) is 0 Å². The molecule has 270 valence electrons. The summed E-state index contributed by atoms with van der Waals surface area (Å²) in [6, 6.07) is 72.4. The summed E-state index contributed by atoms with van der Waals surface area (Å²) in [5.74, 6) is 0.290. The molecule has 0 spiro atoms. The molecule has 0 bridgehead atoms. The van der Waals surface area contributed by atoms with Crippen LogP contribution in [-0.4, -0.2) is 0 Å². The van der Waals surface area contributed by atoms with Gasteiger partial charge in [0.05, 0.1) is 5.41 Å². The Balaban J connectivity index is 1.25. The summed E-state index contributed by atoms with van der Waals surface area (Å²) < 4.78 is 0. The van der Waals surface area contributed by atoms with Gasteiger partial charge in [-0.25, -0.2) is 0 Å². The molecule has 8 aromatic carbocycles. The first-order chi connectivity index (χ1) is 27.4. The molecule has 0 atom stereocenters. The monoisotopic (exact) mass is 719 g/mol. The van der Waals surface area contributed by atoms with Crippen LogP contribution in [0.25, 0.3) is 33.4 Å². The Hall–Kier alpha value is -6.44. The highest BCUT2D eigenvalue weighted by Crippen LogP contribution is 2.58. The predicted molar refractivity (Wildman–Crippen MR) is 236 cm³/mol. The molecule has 1 nitrogen and oxygen atoms in total. The summed E-state index contributed by atoms with van der Waals surface area (Å²) in [6.45, 7) is 9.40. The Bertz CT molecular complexity index is 2700. The van der Waals surface area contributed by atoms with Gasteiger partial charge in [-0.3, -0.25) is 0 Å². The van der Waals surface area contributed by atoms with Gasteiger partial charge in [0.2, 0.25) is 0 Å². The van der Waals surface area contributed by atoms with Gasteiger partial charge in [-0.2, -0.15) is 0 Å². The normalized spacial score (nSPS) is 14.2. The van der Waals surface area contributed by atoms with Crippen molar-refractivity contribution in [3.05, 3.63) is 233 Å². The van der Waals surface area contributed by atoms with Crippen LogP contribution in [0, 0.1) is 0 Å². The average Bonchev–Trinajstić information content (AvgIpc) is 3.67. The number of benzene rings is 8. The van der Waals surface area contributed by atoms with Crippen molar-refractivity contribution in [2.75, 3.05) is 4.90 Å². The van der Waals surface area contributed by atoms with E-state index in [0.29, 0.717) is 0 Å². The van der Waals surface area contributed by atoms with E-state index in [2.05, 4.69) is 227 Å². The van der Waals surface area contributed by atoms with Crippen LogP contribution < -0.4 is 4.90 Å². The van der Waals surface area contributed by atoms with Crippen LogP contribution in [0.15, 0.2) is 194 Å². The lowest BCUT2D eigenvalue weighted by molar-refractivity contribution is 0.660. The van der Waals surface area contributed by atoms with Gasteiger partial charge in [0, 0.05) is 22.5 Å². The van der Waals surface area contributed by atoms with Crippen molar-refractivity contribution in [3.63, 3.8) is 0 Å². The lowest BCUT2D eigenvalue weighted by Gasteiger charge is -2.35. The maximum absolute atomic E-state index is 2.54. The van der Waals surface area contributed by atoms with E-state index < -0.39 is 5.41 Å². The predicted octanol–water partition coefficient (Wildman–Crippen LogP) is 14.6. The third kappa shape index (κ3) is 5.07. The van der Waals surface area contributed by atoms with Crippen LogP contribution >= 0.6 is 0 Å². The molecule has 2 aliphatic carbocycles. The van der Waals surface area contributed by atoms with Crippen molar-refractivity contribution in [1.29, 1.82) is 0 Å². The van der Waals surface area contributed by atoms with E-state index in [4.69, 9.17) is 0 Å². The second kappa shape index (κ2) is 13.1. The molecule has 0 unspecified atom stereocenters. The zero-order valence-corrected chi connectivity index (χ0v) is 32.5. The minimum absolute atomic E-state index is 0.124. The molecule has 0 aromatic heterocycles. The van der Waals surface area contributed by atoms with Crippen molar-refractivity contribution in [3.8, 4) is 33.4 Å². The number of hydrogen-bond acceptors (Lipinski definition) is 1. The topological polar surface area (TPSA) is 3.24 Å². The van der Waals surface area contributed by atoms with Gasteiger partial charge in [-0.1, -0.05) is 185 Å². The lowest BCUT2D eigenvalue weighted by atomic mass is 9.67. The summed E-state index contributed by atoms with van der Waals surface area (Å²) in [5.41, 5.74) is 19.9. The molecule has 0 N–H and O–H groups in total. The summed E-state index contributed by atoms with van der Waals surface area (Å²) in [4.78, 5) is 2.54. The highest BCUT2D eigenvalue weighted by Gasteiger charge is 2.46.